The molecule has 0 amide bonds. The zero-order chi connectivity index (χ0) is 13.0. The van der Waals surface area contributed by atoms with Gasteiger partial charge in [0.15, 0.2) is 0 Å². The predicted octanol–water partition coefficient (Wildman–Crippen LogP) is 2.66. The molecule has 0 spiro atoms. The van der Waals surface area contributed by atoms with Crippen molar-refractivity contribution in [2.45, 2.75) is 6.54 Å². The summed E-state index contributed by atoms with van der Waals surface area (Å²) in [5.41, 5.74) is 0.595. The number of halogens is 2. The van der Waals surface area contributed by atoms with Crippen LogP contribution < -0.4 is 11.0 Å². The quantitative estimate of drug-likeness (QED) is 0.939. The summed E-state index contributed by atoms with van der Waals surface area (Å²) in [7, 11) is 0. The summed E-state index contributed by atoms with van der Waals surface area (Å²) in [6, 6.07) is 7.39. The van der Waals surface area contributed by atoms with Gasteiger partial charge in [-0.2, -0.15) is 0 Å². The van der Waals surface area contributed by atoms with Crippen LogP contribution in [0, 0.1) is 0 Å². The van der Waals surface area contributed by atoms with Crippen LogP contribution in [0.4, 0.5) is 5.69 Å². The minimum Gasteiger partial charge on any atom is -0.383 e. The van der Waals surface area contributed by atoms with Gasteiger partial charge >= 0.3 is 5.69 Å². The molecule has 1 aromatic heterocycles. The van der Waals surface area contributed by atoms with E-state index in [4.69, 9.17) is 23.2 Å². The standard InChI is InChI=1S/C12H11Cl2N3O/c13-9-2-1-3-11(6-9)15-4-5-17-8-10(14)7-16-12(17)18/h1-3,6-8,15H,4-5H2. The van der Waals surface area contributed by atoms with Crippen LogP contribution in [-0.4, -0.2) is 16.1 Å². The molecular weight excluding hydrogens is 273 g/mol. The van der Waals surface area contributed by atoms with E-state index in [0.717, 1.165) is 5.69 Å². The molecule has 0 unspecified atom stereocenters. The number of nitrogens with one attached hydrogen (secondary N) is 1. The number of benzene rings is 1. The summed E-state index contributed by atoms with van der Waals surface area (Å²) in [4.78, 5) is 15.1. The zero-order valence-electron chi connectivity index (χ0n) is 9.44. The lowest BCUT2D eigenvalue weighted by Gasteiger charge is -2.08. The fourth-order valence-electron chi connectivity index (χ4n) is 1.51. The lowest BCUT2D eigenvalue weighted by Crippen LogP contribution is -2.25. The van der Waals surface area contributed by atoms with E-state index in [1.807, 2.05) is 18.2 Å². The van der Waals surface area contributed by atoms with Crippen LogP contribution >= 0.6 is 23.2 Å². The molecule has 94 valence electrons. The highest BCUT2D eigenvalue weighted by molar-refractivity contribution is 6.30. The van der Waals surface area contributed by atoms with Crippen molar-refractivity contribution in [2.75, 3.05) is 11.9 Å². The Morgan fingerprint density at radius 1 is 1.28 bits per heavy atom. The van der Waals surface area contributed by atoms with Crippen LogP contribution in [0.15, 0.2) is 41.5 Å². The Morgan fingerprint density at radius 2 is 2.11 bits per heavy atom. The van der Waals surface area contributed by atoms with E-state index < -0.39 is 0 Å². The van der Waals surface area contributed by atoms with E-state index in [2.05, 4.69) is 10.3 Å². The molecule has 0 fully saturated rings. The SMILES string of the molecule is O=c1ncc(Cl)cn1CCNc1cccc(Cl)c1. The van der Waals surface area contributed by atoms with Gasteiger partial charge in [0.2, 0.25) is 0 Å². The second-order valence-electron chi connectivity index (χ2n) is 3.69. The van der Waals surface area contributed by atoms with Crippen molar-refractivity contribution in [1.82, 2.24) is 9.55 Å². The molecule has 2 rings (SSSR count). The zero-order valence-corrected chi connectivity index (χ0v) is 10.9. The Morgan fingerprint density at radius 3 is 2.89 bits per heavy atom. The molecular formula is C12H11Cl2N3O. The van der Waals surface area contributed by atoms with Crippen molar-refractivity contribution in [1.29, 1.82) is 0 Å². The second-order valence-corrected chi connectivity index (χ2v) is 4.56. The summed E-state index contributed by atoms with van der Waals surface area (Å²) in [5, 5.41) is 4.28. The van der Waals surface area contributed by atoms with Crippen molar-refractivity contribution in [3.63, 3.8) is 0 Å². The molecule has 0 bridgehead atoms. The number of nitrogens with zero attached hydrogens (tertiary/aromatic N) is 2. The average Bonchev–Trinajstić information content (AvgIpc) is 2.34. The monoisotopic (exact) mass is 283 g/mol. The third-order valence-corrected chi connectivity index (χ3v) is 2.76. The lowest BCUT2D eigenvalue weighted by molar-refractivity contribution is 0.674. The van der Waals surface area contributed by atoms with Gasteiger partial charge in [-0.3, -0.25) is 4.57 Å². The third-order valence-electron chi connectivity index (χ3n) is 2.33. The van der Waals surface area contributed by atoms with Crippen LogP contribution in [-0.2, 0) is 6.54 Å². The maximum Gasteiger partial charge on any atom is 0.347 e. The van der Waals surface area contributed by atoms with Crippen LogP contribution in [0.25, 0.3) is 0 Å². The van der Waals surface area contributed by atoms with Crippen LogP contribution in [0.3, 0.4) is 0 Å². The van der Waals surface area contributed by atoms with Gasteiger partial charge in [0.25, 0.3) is 0 Å². The van der Waals surface area contributed by atoms with E-state index in [1.165, 1.54) is 10.8 Å². The summed E-state index contributed by atoms with van der Waals surface area (Å²) < 4.78 is 1.46. The molecule has 0 radical (unpaired) electrons. The number of aromatic nitrogens is 2. The van der Waals surface area contributed by atoms with E-state index in [1.54, 1.807) is 12.3 Å². The molecule has 0 atom stereocenters. The van der Waals surface area contributed by atoms with E-state index in [9.17, 15) is 4.79 Å². The molecule has 1 aromatic carbocycles. The van der Waals surface area contributed by atoms with Crippen molar-refractivity contribution < 1.29 is 0 Å². The van der Waals surface area contributed by atoms with Gasteiger partial charge in [0.1, 0.15) is 0 Å². The van der Waals surface area contributed by atoms with Crippen molar-refractivity contribution in [3.8, 4) is 0 Å². The number of rotatable bonds is 4. The minimum atomic E-state index is -0.313. The summed E-state index contributed by atoms with van der Waals surface area (Å²) in [5.74, 6) is 0. The Labute approximate surface area is 114 Å². The van der Waals surface area contributed by atoms with Gasteiger partial charge in [0.05, 0.1) is 11.2 Å². The number of anilines is 1. The summed E-state index contributed by atoms with van der Waals surface area (Å²) in [6.45, 7) is 1.07. The van der Waals surface area contributed by atoms with Gasteiger partial charge in [-0.05, 0) is 18.2 Å². The topological polar surface area (TPSA) is 46.9 Å². The first-order valence-electron chi connectivity index (χ1n) is 5.36. The van der Waals surface area contributed by atoms with Gasteiger partial charge in [-0.1, -0.05) is 29.3 Å². The summed E-state index contributed by atoms with van der Waals surface area (Å²) in [6.07, 6.45) is 2.90. The molecule has 0 saturated heterocycles. The second kappa shape index (κ2) is 5.89. The maximum absolute atomic E-state index is 11.4. The average molecular weight is 284 g/mol. The lowest BCUT2D eigenvalue weighted by atomic mass is 10.3. The van der Waals surface area contributed by atoms with Crippen LogP contribution in [0.2, 0.25) is 10.0 Å². The molecule has 0 saturated carbocycles. The molecule has 1 N–H and O–H groups in total. The molecule has 18 heavy (non-hydrogen) atoms. The molecule has 0 aliphatic heterocycles. The fraction of sp³-hybridized carbons (Fsp3) is 0.167. The van der Waals surface area contributed by atoms with E-state index in [0.29, 0.717) is 23.1 Å². The largest absolute Gasteiger partial charge is 0.383 e. The van der Waals surface area contributed by atoms with Crippen LogP contribution in [0.5, 0.6) is 0 Å². The molecule has 2 aromatic rings. The van der Waals surface area contributed by atoms with Gasteiger partial charge in [0, 0.05) is 30.0 Å². The fourth-order valence-corrected chi connectivity index (χ4v) is 1.86. The first-order valence-corrected chi connectivity index (χ1v) is 6.12. The smallest absolute Gasteiger partial charge is 0.347 e. The predicted molar refractivity (Wildman–Crippen MR) is 73.4 cm³/mol. The maximum atomic E-state index is 11.4. The molecule has 6 heteroatoms. The molecule has 0 aliphatic rings. The number of hydrogen-bond acceptors (Lipinski definition) is 3. The van der Waals surface area contributed by atoms with Crippen molar-refractivity contribution in [2.24, 2.45) is 0 Å². The highest BCUT2D eigenvalue weighted by atomic mass is 35.5. The Balaban J connectivity index is 1.96. The first kappa shape index (κ1) is 12.9. The highest BCUT2D eigenvalue weighted by Crippen LogP contribution is 2.14. The van der Waals surface area contributed by atoms with Crippen molar-refractivity contribution in [3.05, 3.63) is 57.2 Å². The highest BCUT2D eigenvalue weighted by Gasteiger charge is 1.98. The Kier molecular flexibility index (Phi) is 4.23. The molecule has 1 heterocycles. The normalized spacial score (nSPS) is 10.3. The third kappa shape index (κ3) is 3.48. The van der Waals surface area contributed by atoms with Gasteiger partial charge in [-0.15, -0.1) is 0 Å². The van der Waals surface area contributed by atoms with E-state index >= 15 is 0 Å². The molecule has 0 aliphatic carbocycles. The van der Waals surface area contributed by atoms with E-state index in [-0.39, 0.29) is 5.69 Å². The molecule has 4 nitrogen and oxygen atoms in total. The van der Waals surface area contributed by atoms with Gasteiger partial charge in [-0.25, -0.2) is 9.78 Å². The minimum absolute atomic E-state index is 0.313. The Bertz CT molecular complexity index is 598. The first-order chi connectivity index (χ1) is 8.65. The van der Waals surface area contributed by atoms with Gasteiger partial charge < -0.3 is 5.32 Å². The Hall–Kier alpha value is -1.52. The summed E-state index contributed by atoms with van der Waals surface area (Å²) >= 11 is 11.6. The number of hydrogen-bond donors (Lipinski definition) is 1. The van der Waals surface area contributed by atoms with Crippen molar-refractivity contribution >= 4 is 28.9 Å². The van der Waals surface area contributed by atoms with Crippen LogP contribution in [0.1, 0.15) is 0 Å².